The van der Waals surface area contributed by atoms with Gasteiger partial charge in [0.05, 0.1) is 0 Å². The minimum absolute atomic E-state index is 0.0820. The number of hydrogen-bond acceptors (Lipinski definition) is 5. The van der Waals surface area contributed by atoms with E-state index in [1.807, 2.05) is 51.1 Å². The highest BCUT2D eigenvalue weighted by Crippen LogP contribution is 2.55. The Kier molecular flexibility index (Phi) is 8.08. The zero-order chi connectivity index (χ0) is 25.9. The first-order valence-electron chi connectivity index (χ1n) is 13.7. The Morgan fingerprint density at radius 3 is 2.61 bits per heavy atom. The molecule has 1 saturated heterocycles. The second-order valence-corrected chi connectivity index (χ2v) is 12.2. The van der Waals surface area contributed by atoms with Gasteiger partial charge in [0.25, 0.3) is 0 Å². The molecule has 2 amide bonds. The number of amides is 2. The van der Waals surface area contributed by atoms with Gasteiger partial charge in [0.2, 0.25) is 5.91 Å². The number of carbonyl (C=O) groups excluding carboxylic acids is 2. The molecule has 2 N–H and O–H groups in total. The van der Waals surface area contributed by atoms with E-state index in [-0.39, 0.29) is 24.0 Å². The molecular weight excluding hydrogens is 452 g/mol. The number of rotatable bonds is 10. The summed E-state index contributed by atoms with van der Waals surface area (Å²) >= 11 is 0. The maximum atomic E-state index is 13.8. The van der Waals surface area contributed by atoms with Crippen LogP contribution < -0.4 is 10.6 Å². The molecule has 0 spiro atoms. The number of unbranched alkanes of at least 4 members (excludes halogenated alkanes) is 1. The predicted molar refractivity (Wildman–Crippen MR) is 143 cm³/mol. The van der Waals surface area contributed by atoms with Gasteiger partial charge in [0.15, 0.2) is 5.54 Å². The van der Waals surface area contributed by atoms with Gasteiger partial charge in [-0.1, -0.05) is 50.6 Å². The smallest absolute Gasteiger partial charge is 0.407 e. The summed E-state index contributed by atoms with van der Waals surface area (Å²) in [6, 6.07) is 10.2. The van der Waals surface area contributed by atoms with Crippen molar-refractivity contribution in [3.05, 3.63) is 35.9 Å². The van der Waals surface area contributed by atoms with E-state index in [2.05, 4.69) is 35.6 Å². The lowest BCUT2D eigenvalue weighted by Crippen LogP contribution is -2.65. The minimum Gasteiger partial charge on any atom is -0.444 e. The summed E-state index contributed by atoms with van der Waals surface area (Å²) in [5.41, 5.74) is -0.0622. The largest absolute Gasteiger partial charge is 0.444 e. The molecule has 0 aromatic heterocycles. The average Bonchev–Trinajstić information content (AvgIpc) is 3.06. The number of aliphatic imine (C=N–C) groups is 1. The van der Waals surface area contributed by atoms with Crippen molar-refractivity contribution >= 4 is 18.2 Å². The van der Waals surface area contributed by atoms with Gasteiger partial charge in [-0.3, -0.25) is 14.7 Å². The van der Waals surface area contributed by atoms with Gasteiger partial charge in [0.1, 0.15) is 5.60 Å². The first-order chi connectivity index (χ1) is 17.1. The van der Waals surface area contributed by atoms with Crippen LogP contribution in [0.5, 0.6) is 0 Å². The number of likely N-dealkylation sites (tertiary alicyclic amines) is 1. The van der Waals surface area contributed by atoms with Gasteiger partial charge in [-0.25, -0.2) is 4.79 Å². The van der Waals surface area contributed by atoms with Crippen LogP contribution in [0.25, 0.3) is 0 Å². The normalized spacial score (nSPS) is 28.9. The summed E-state index contributed by atoms with van der Waals surface area (Å²) in [4.78, 5) is 33.4. The Morgan fingerprint density at radius 1 is 1.17 bits per heavy atom. The van der Waals surface area contributed by atoms with Crippen molar-refractivity contribution in [2.24, 2.45) is 28.7 Å². The van der Waals surface area contributed by atoms with Crippen LogP contribution in [-0.4, -0.2) is 59.9 Å². The highest BCUT2D eigenvalue weighted by molar-refractivity contribution is 5.92. The van der Waals surface area contributed by atoms with E-state index >= 15 is 0 Å². The van der Waals surface area contributed by atoms with E-state index in [0.717, 1.165) is 44.3 Å². The maximum Gasteiger partial charge on any atom is 0.407 e. The highest BCUT2D eigenvalue weighted by Gasteiger charge is 2.66. The molecule has 3 heterocycles. The Balaban J connectivity index is 1.42. The van der Waals surface area contributed by atoms with Crippen molar-refractivity contribution in [3.8, 4) is 0 Å². The van der Waals surface area contributed by atoms with Gasteiger partial charge in [-0.2, -0.15) is 0 Å². The summed E-state index contributed by atoms with van der Waals surface area (Å²) in [6.07, 6.45) is 5.70. The number of nitrogens with one attached hydrogen (secondary N) is 2. The molecule has 36 heavy (non-hydrogen) atoms. The van der Waals surface area contributed by atoms with Crippen LogP contribution in [-0.2, 0) is 16.1 Å². The van der Waals surface area contributed by atoms with Gasteiger partial charge < -0.3 is 15.4 Å². The fourth-order valence-corrected chi connectivity index (χ4v) is 6.55. The molecule has 198 valence electrons. The first-order valence-corrected chi connectivity index (χ1v) is 13.7. The monoisotopic (exact) mass is 496 g/mol. The zero-order valence-electron chi connectivity index (χ0n) is 22.6. The number of ether oxygens (including phenoxy) is 1. The second kappa shape index (κ2) is 10.9. The minimum atomic E-state index is -0.683. The summed E-state index contributed by atoms with van der Waals surface area (Å²) in [5, 5.41) is 6.12. The number of alkyl carbamates (subject to hydrolysis) is 1. The molecular formula is C29H44N4O3. The fraction of sp³-hybridized carbons (Fsp3) is 0.690. The van der Waals surface area contributed by atoms with Gasteiger partial charge in [0, 0.05) is 44.4 Å². The van der Waals surface area contributed by atoms with Crippen molar-refractivity contribution in [1.29, 1.82) is 0 Å². The quantitative estimate of drug-likeness (QED) is 0.470. The second-order valence-electron chi connectivity index (χ2n) is 12.2. The number of carbonyl (C=O) groups is 2. The molecule has 1 aromatic carbocycles. The van der Waals surface area contributed by atoms with E-state index in [1.165, 1.54) is 0 Å². The molecule has 5 unspecified atom stereocenters. The summed E-state index contributed by atoms with van der Waals surface area (Å²) in [6.45, 7) is 13.2. The van der Waals surface area contributed by atoms with Crippen molar-refractivity contribution < 1.29 is 14.3 Å². The van der Waals surface area contributed by atoms with Crippen molar-refractivity contribution in [2.75, 3.05) is 19.6 Å². The SMILES string of the molecule is CC(C)CN1CC2CC3C=NC2(C(=O)NCc2ccccc2)C1C3CCCCNC(=O)OC(C)(C)C. The van der Waals surface area contributed by atoms with E-state index in [0.29, 0.717) is 30.8 Å². The Morgan fingerprint density at radius 2 is 1.92 bits per heavy atom. The third kappa shape index (κ3) is 5.77. The highest BCUT2D eigenvalue weighted by atomic mass is 16.6. The van der Waals surface area contributed by atoms with Gasteiger partial charge in [-0.15, -0.1) is 0 Å². The molecule has 1 saturated carbocycles. The maximum absolute atomic E-state index is 13.8. The molecule has 4 aliphatic rings. The Bertz CT molecular complexity index is 942. The van der Waals surface area contributed by atoms with Crippen molar-refractivity contribution in [2.45, 2.75) is 84.0 Å². The van der Waals surface area contributed by atoms with Gasteiger partial charge in [-0.05, 0) is 63.4 Å². The third-order valence-electron chi connectivity index (χ3n) is 7.81. The lowest BCUT2D eigenvalue weighted by molar-refractivity contribution is -0.132. The standard InChI is InChI=1S/C29H44N4O3/c1-20(2)18-33-19-23-15-22-17-32-29(23,26(34)31-16-21-11-7-6-8-12-21)25(33)24(22)13-9-10-14-30-27(35)36-28(3,4)5/h6-8,11-12,17,20,22-25H,9-10,13-16,18-19H2,1-5H3,(H,30,35)(H,31,34). The number of benzene rings is 1. The topological polar surface area (TPSA) is 83.0 Å². The zero-order valence-corrected chi connectivity index (χ0v) is 22.6. The molecule has 5 atom stereocenters. The molecule has 7 nitrogen and oxygen atoms in total. The fourth-order valence-electron chi connectivity index (χ4n) is 6.55. The molecule has 7 heteroatoms. The molecule has 0 radical (unpaired) electrons. The van der Waals surface area contributed by atoms with Gasteiger partial charge >= 0.3 is 6.09 Å². The first kappa shape index (κ1) is 26.6. The van der Waals surface area contributed by atoms with E-state index in [4.69, 9.17) is 9.73 Å². The van der Waals surface area contributed by atoms with E-state index in [1.54, 1.807) is 0 Å². The van der Waals surface area contributed by atoms with Crippen LogP contribution in [0.1, 0.15) is 65.9 Å². The third-order valence-corrected chi connectivity index (χ3v) is 7.81. The van der Waals surface area contributed by atoms with Crippen LogP contribution in [0.2, 0.25) is 0 Å². The van der Waals surface area contributed by atoms with Crippen LogP contribution in [0.15, 0.2) is 35.3 Å². The number of nitrogens with zero attached hydrogens (tertiary/aromatic N) is 2. The average molecular weight is 497 g/mol. The van der Waals surface area contributed by atoms with Crippen molar-refractivity contribution in [3.63, 3.8) is 0 Å². The van der Waals surface area contributed by atoms with Crippen LogP contribution in [0.4, 0.5) is 4.79 Å². The van der Waals surface area contributed by atoms with Crippen LogP contribution in [0.3, 0.4) is 0 Å². The molecule has 5 rings (SSSR count). The molecule has 1 aromatic rings. The molecule has 4 bridgehead atoms. The molecule has 2 fully saturated rings. The molecule has 3 aliphatic heterocycles. The summed E-state index contributed by atoms with van der Waals surface area (Å²) < 4.78 is 5.34. The lowest BCUT2D eigenvalue weighted by Gasteiger charge is -2.51. The van der Waals surface area contributed by atoms with E-state index < -0.39 is 11.1 Å². The van der Waals surface area contributed by atoms with Crippen molar-refractivity contribution in [1.82, 2.24) is 15.5 Å². The van der Waals surface area contributed by atoms with Crippen LogP contribution >= 0.6 is 0 Å². The molecule has 1 aliphatic carbocycles. The predicted octanol–water partition coefficient (Wildman–Crippen LogP) is 4.41. The summed E-state index contributed by atoms with van der Waals surface area (Å²) in [7, 11) is 0. The Labute approximate surface area is 216 Å². The number of hydrogen-bond donors (Lipinski definition) is 2. The van der Waals surface area contributed by atoms with Crippen LogP contribution in [0, 0.1) is 23.7 Å². The summed E-state index contributed by atoms with van der Waals surface area (Å²) in [5.74, 6) is 1.73. The Hall–Kier alpha value is -2.41. The van der Waals surface area contributed by atoms with E-state index in [9.17, 15) is 9.59 Å². The lowest BCUT2D eigenvalue weighted by atomic mass is 9.60.